The number of benzene rings is 2. The van der Waals surface area contributed by atoms with E-state index in [4.69, 9.17) is 0 Å². The molecule has 3 rings (SSSR count). The summed E-state index contributed by atoms with van der Waals surface area (Å²) in [4.78, 5) is 24.7. The Morgan fingerprint density at radius 2 is 1.56 bits per heavy atom. The molecule has 0 aliphatic rings. The molecule has 0 aliphatic heterocycles. The number of fused-ring (bicyclic) bond motifs is 1. The summed E-state index contributed by atoms with van der Waals surface area (Å²) in [5.74, 6) is -0.139. The first kappa shape index (κ1) is 17.0. The maximum absolute atomic E-state index is 12.4. The highest BCUT2D eigenvalue weighted by molar-refractivity contribution is 7.20. The van der Waals surface area contributed by atoms with Gasteiger partial charge in [-0.3, -0.25) is 4.79 Å². The first-order valence-electron chi connectivity index (χ1n) is 7.99. The highest BCUT2D eigenvalue weighted by Crippen LogP contribution is 2.26. The Hall–Kier alpha value is -2.86. The molecule has 0 spiro atoms. The zero-order valence-electron chi connectivity index (χ0n) is 14.0. The molecule has 3 N–H and O–H groups in total. The molecule has 3 aromatic rings. The van der Waals surface area contributed by atoms with Crippen LogP contribution in [0.25, 0.3) is 10.1 Å². The third kappa shape index (κ3) is 4.36. The van der Waals surface area contributed by atoms with Crippen LogP contribution in [0.15, 0.2) is 54.6 Å². The van der Waals surface area contributed by atoms with E-state index in [2.05, 4.69) is 16.0 Å². The van der Waals surface area contributed by atoms with E-state index in [-0.39, 0.29) is 18.0 Å². The van der Waals surface area contributed by atoms with E-state index in [0.29, 0.717) is 16.3 Å². The van der Waals surface area contributed by atoms with Gasteiger partial charge in [0.1, 0.15) is 0 Å². The fourth-order valence-corrected chi connectivity index (χ4v) is 3.31. The Morgan fingerprint density at radius 1 is 0.920 bits per heavy atom. The summed E-state index contributed by atoms with van der Waals surface area (Å²) in [6.45, 7) is 3.79. The number of carbonyl (C=O) groups excluding carboxylic acids is 2. The van der Waals surface area contributed by atoms with Gasteiger partial charge in [-0.05, 0) is 55.6 Å². The van der Waals surface area contributed by atoms with E-state index in [9.17, 15) is 9.59 Å². The maximum atomic E-state index is 12.4. The average Bonchev–Trinajstić information content (AvgIpc) is 3.00. The second-order valence-electron chi connectivity index (χ2n) is 5.93. The number of hydrogen-bond acceptors (Lipinski definition) is 3. The summed E-state index contributed by atoms with van der Waals surface area (Å²) in [6.07, 6.45) is 0. The lowest BCUT2D eigenvalue weighted by molar-refractivity contribution is 0.103. The highest BCUT2D eigenvalue weighted by Gasteiger charge is 2.10. The van der Waals surface area contributed by atoms with Crippen LogP contribution in [0.3, 0.4) is 0 Å². The molecule has 0 atom stereocenters. The van der Waals surface area contributed by atoms with Gasteiger partial charge < -0.3 is 16.0 Å². The molecule has 0 bridgehead atoms. The van der Waals surface area contributed by atoms with Crippen LogP contribution in [0.4, 0.5) is 16.2 Å². The largest absolute Gasteiger partial charge is 0.336 e. The molecule has 0 saturated carbocycles. The number of thiophene rings is 1. The molecule has 0 radical (unpaired) electrons. The van der Waals surface area contributed by atoms with Crippen LogP contribution in [0.1, 0.15) is 23.5 Å². The van der Waals surface area contributed by atoms with Gasteiger partial charge in [0.2, 0.25) is 0 Å². The van der Waals surface area contributed by atoms with Crippen molar-refractivity contribution in [1.82, 2.24) is 5.32 Å². The van der Waals surface area contributed by atoms with E-state index in [1.165, 1.54) is 11.3 Å². The normalized spacial score (nSPS) is 10.7. The lowest BCUT2D eigenvalue weighted by atomic mass is 10.2. The average molecular weight is 353 g/mol. The molecule has 1 aromatic heterocycles. The third-order valence-corrected chi connectivity index (χ3v) is 4.58. The Kier molecular flexibility index (Phi) is 5.00. The number of hydrogen-bond donors (Lipinski definition) is 3. The van der Waals surface area contributed by atoms with Crippen molar-refractivity contribution in [3.63, 3.8) is 0 Å². The Labute approximate surface area is 150 Å². The zero-order chi connectivity index (χ0) is 17.8. The standard InChI is InChI=1S/C19H19N3O2S/c1-12(2)20-19(24)22-15-9-7-14(8-10-15)21-18(23)17-11-13-5-3-4-6-16(13)25-17/h3-12H,1-2H3,(H,21,23)(H2,20,22,24). The number of anilines is 2. The van der Waals surface area contributed by atoms with Gasteiger partial charge in [0.25, 0.3) is 5.91 Å². The van der Waals surface area contributed by atoms with Crippen LogP contribution in [0, 0.1) is 0 Å². The summed E-state index contributed by atoms with van der Waals surface area (Å²) >= 11 is 1.46. The lowest BCUT2D eigenvalue weighted by Crippen LogP contribution is -2.34. The molecule has 128 valence electrons. The van der Waals surface area contributed by atoms with Gasteiger partial charge in [-0.15, -0.1) is 11.3 Å². The molecule has 5 nitrogen and oxygen atoms in total. The minimum atomic E-state index is -0.253. The monoisotopic (exact) mass is 353 g/mol. The van der Waals surface area contributed by atoms with Crippen molar-refractivity contribution in [2.45, 2.75) is 19.9 Å². The van der Waals surface area contributed by atoms with Gasteiger partial charge in [-0.2, -0.15) is 0 Å². The molecule has 1 heterocycles. The molecule has 3 amide bonds. The molecule has 0 fully saturated rings. The molecular weight excluding hydrogens is 334 g/mol. The second-order valence-corrected chi connectivity index (χ2v) is 7.02. The van der Waals surface area contributed by atoms with Gasteiger partial charge in [0.15, 0.2) is 0 Å². The Balaban J connectivity index is 1.64. The molecule has 0 unspecified atom stereocenters. The molecule has 6 heteroatoms. The number of rotatable bonds is 4. The minimum absolute atomic E-state index is 0.0693. The van der Waals surface area contributed by atoms with E-state index in [0.717, 1.165) is 10.1 Å². The summed E-state index contributed by atoms with van der Waals surface area (Å²) in [5, 5.41) is 9.43. The molecule has 0 aliphatic carbocycles. The Bertz CT molecular complexity index is 867. The quantitative estimate of drug-likeness (QED) is 0.637. The second kappa shape index (κ2) is 7.36. The van der Waals surface area contributed by atoms with Gasteiger partial charge in [0, 0.05) is 22.1 Å². The Morgan fingerprint density at radius 3 is 2.20 bits per heavy atom. The molecule has 25 heavy (non-hydrogen) atoms. The van der Waals surface area contributed by atoms with Crippen molar-refractivity contribution in [2.24, 2.45) is 0 Å². The fraction of sp³-hybridized carbons (Fsp3) is 0.158. The van der Waals surface area contributed by atoms with Crippen molar-refractivity contribution < 1.29 is 9.59 Å². The molecular formula is C19H19N3O2S. The number of urea groups is 1. The van der Waals surface area contributed by atoms with Crippen LogP contribution in [0.2, 0.25) is 0 Å². The van der Waals surface area contributed by atoms with Crippen molar-refractivity contribution in [2.75, 3.05) is 10.6 Å². The predicted molar refractivity (Wildman–Crippen MR) is 104 cm³/mol. The third-order valence-electron chi connectivity index (χ3n) is 3.47. The zero-order valence-corrected chi connectivity index (χ0v) is 14.8. The SMILES string of the molecule is CC(C)NC(=O)Nc1ccc(NC(=O)c2cc3ccccc3s2)cc1. The smallest absolute Gasteiger partial charge is 0.319 e. The van der Waals surface area contributed by atoms with Crippen LogP contribution in [0.5, 0.6) is 0 Å². The van der Waals surface area contributed by atoms with Crippen molar-refractivity contribution in [3.05, 3.63) is 59.5 Å². The van der Waals surface area contributed by atoms with E-state index >= 15 is 0 Å². The topological polar surface area (TPSA) is 70.2 Å². The van der Waals surface area contributed by atoms with Gasteiger partial charge in [-0.1, -0.05) is 18.2 Å². The van der Waals surface area contributed by atoms with Crippen LogP contribution in [-0.4, -0.2) is 18.0 Å². The maximum Gasteiger partial charge on any atom is 0.319 e. The minimum Gasteiger partial charge on any atom is -0.336 e. The summed E-state index contributed by atoms with van der Waals surface area (Å²) in [5.41, 5.74) is 1.34. The van der Waals surface area contributed by atoms with Gasteiger partial charge >= 0.3 is 6.03 Å². The van der Waals surface area contributed by atoms with E-state index < -0.39 is 0 Å². The molecule has 2 aromatic carbocycles. The summed E-state index contributed by atoms with van der Waals surface area (Å²) in [6, 6.07) is 16.6. The molecule has 0 saturated heterocycles. The highest BCUT2D eigenvalue weighted by atomic mass is 32.1. The van der Waals surface area contributed by atoms with Crippen molar-refractivity contribution in [1.29, 1.82) is 0 Å². The summed E-state index contributed by atoms with van der Waals surface area (Å²) < 4.78 is 1.09. The fourth-order valence-electron chi connectivity index (χ4n) is 2.35. The van der Waals surface area contributed by atoms with E-state index in [1.807, 2.05) is 44.2 Å². The lowest BCUT2D eigenvalue weighted by Gasteiger charge is -2.10. The van der Waals surface area contributed by atoms with Crippen LogP contribution < -0.4 is 16.0 Å². The van der Waals surface area contributed by atoms with Crippen molar-refractivity contribution >= 4 is 44.7 Å². The van der Waals surface area contributed by atoms with Gasteiger partial charge in [-0.25, -0.2) is 4.79 Å². The van der Waals surface area contributed by atoms with Gasteiger partial charge in [0.05, 0.1) is 4.88 Å². The summed E-state index contributed by atoms with van der Waals surface area (Å²) in [7, 11) is 0. The van der Waals surface area contributed by atoms with E-state index in [1.54, 1.807) is 24.3 Å². The number of carbonyl (C=O) groups is 2. The van der Waals surface area contributed by atoms with Crippen LogP contribution in [-0.2, 0) is 0 Å². The number of nitrogens with one attached hydrogen (secondary N) is 3. The number of amides is 3. The van der Waals surface area contributed by atoms with Crippen LogP contribution >= 0.6 is 11.3 Å². The first-order chi connectivity index (χ1) is 12.0. The first-order valence-corrected chi connectivity index (χ1v) is 8.80. The predicted octanol–water partition coefficient (Wildman–Crippen LogP) is 4.68. The van der Waals surface area contributed by atoms with Crippen molar-refractivity contribution in [3.8, 4) is 0 Å².